The Labute approximate surface area is 90.0 Å². The van der Waals surface area contributed by atoms with E-state index in [4.69, 9.17) is 0 Å². The van der Waals surface area contributed by atoms with Crippen LogP contribution in [0.25, 0.3) is 0 Å². The Morgan fingerprint density at radius 2 is 1.80 bits per heavy atom. The molecular formula is C12H17NO2. The van der Waals surface area contributed by atoms with Crippen molar-refractivity contribution in [1.29, 1.82) is 0 Å². The summed E-state index contributed by atoms with van der Waals surface area (Å²) >= 11 is 0. The number of hydrogen-bond acceptors (Lipinski definition) is 3. The average Bonchev–Trinajstić information content (AvgIpc) is 2.50. The average molecular weight is 207 g/mol. The van der Waals surface area contributed by atoms with E-state index in [2.05, 4.69) is 24.0 Å². The summed E-state index contributed by atoms with van der Waals surface area (Å²) in [4.78, 5) is 2.08. The quantitative estimate of drug-likeness (QED) is 0.743. The lowest BCUT2D eigenvalue weighted by Crippen LogP contribution is -2.22. The smallest absolute Gasteiger partial charge is 0.0938 e. The van der Waals surface area contributed by atoms with Crippen LogP contribution in [0.3, 0.4) is 0 Å². The molecule has 3 nitrogen and oxygen atoms in total. The van der Waals surface area contributed by atoms with Crippen LogP contribution in [0.4, 0.5) is 0 Å². The van der Waals surface area contributed by atoms with Gasteiger partial charge in [-0.25, -0.2) is 0 Å². The van der Waals surface area contributed by atoms with E-state index >= 15 is 0 Å². The molecule has 0 aromatic heterocycles. The third-order valence-corrected chi connectivity index (χ3v) is 2.99. The lowest BCUT2D eigenvalue weighted by molar-refractivity contribution is 0.0572. The zero-order chi connectivity index (χ0) is 10.8. The highest BCUT2D eigenvalue weighted by Crippen LogP contribution is 2.16. The summed E-state index contributed by atoms with van der Waals surface area (Å²) in [5.74, 6) is 0. The third-order valence-electron chi connectivity index (χ3n) is 2.99. The standard InChI is InChI=1S/C12H17NO2/c1-9-4-2-3-5-10(9)6-13-7-11(14)12(15)8-13/h2-5,11-12,14-15H,6-8H2,1H3. The van der Waals surface area contributed by atoms with E-state index in [1.807, 2.05) is 12.1 Å². The van der Waals surface area contributed by atoms with Crippen molar-refractivity contribution >= 4 is 0 Å². The van der Waals surface area contributed by atoms with Gasteiger partial charge in [-0.15, -0.1) is 0 Å². The first-order chi connectivity index (χ1) is 7.16. The number of aliphatic hydroxyl groups is 2. The summed E-state index contributed by atoms with van der Waals surface area (Å²) in [6.45, 7) is 4.02. The second kappa shape index (κ2) is 4.31. The maximum absolute atomic E-state index is 9.42. The number of rotatable bonds is 2. The Morgan fingerprint density at radius 3 is 2.40 bits per heavy atom. The van der Waals surface area contributed by atoms with Gasteiger partial charge in [0.25, 0.3) is 0 Å². The molecule has 1 heterocycles. The van der Waals surface area contributed by atoms with Gasteiger partial charge in [0.1, 0.15) is 0 Å². The highest BCUT2D eigenvalue weighted by atomic mass is 16.3. The number of benzene rings is 1. The summed E-state index contributed by atoms with van der Waals surface area (Å²) in [6, 6.07) is 8.21. The molecule has 1 aromatic carbocycles. The lowest BCUT2D eigenvalue weighted by atomic mass is 10.1. The molecule has 2 rings (SSSR count). The van der Waals surface area contributed by atoms with Crippen LogP contribution in [0.2, 0.25) is 0 Å². The Morgan fingerprint density at radius 1 is 1.20 bits per heavy atom. The molecule has 2 atom stereocenters. The monoisotopic (exact) mass is 207 g/mol. The second-order valence-electron chi connectivity index (χ2n) is 4.26. The molecule has 0 bridgehead atoms. The number of aryl methyl sites for hydroxylation is 1. The van der Waals surface area contributed by atoms with E-state index in [9.17, 15) is 10.2 Å². The fourth-order valence-corrected chi connectivity index (χ4v) is 2.00. The molecule has 0 amide bonds. The molecule has 1 aromatic rings. The molecule has 82 valence electrons. The van der Waals surface area contributed by atoms with E-state index in [0.717, 1.165) is 6.54 Å². The molecule has 1 fully saturated rings. The Bertz CT molecular complexity index is 330. The van der Waals surface area contributed by atoms with Gasteiger partial charge >= 0.3 is 0 Å². The van der Waals surface area contributed by atoms with Crippen molar-refractivity contribution in [2.75, 3.05) is 13.1 Å². The number of β-amino-alcohol motifs (C(OH)–C–C–N with tert-alkyl or cyclic N) is 2. The van der Waals surface area contributed by atoms with Gasteiger partial charge in [-0.05, 0) is 18.1 Å². The molecule has 1 aliphatic rings. The van der Waals surface area contributed by atoms with Crippen molar-refractivity contribution in [2.24, 2.45) is 0 Å². The Hall–Kier alpha value is -0.900. The lowest BCUT2D eigenvalue weighted by Gasteiger charge is -2.16. The van der Waals surface area contributed by atoms with E-state index in [1.165, 1.54) is 11.1 Å². The zero-order valence-electron chi connectivity index (χ0n) is 8.93. The number of nitrogens with zero attached hydrogens (tertiary/aromatic N) is 1. The van der Waals surface area contributed by atoms with Gasteiger partial charge < -0.3 is 10.2 Å². The van der Waals surface area contributed by atoms with Gasteiger partial charge in [-0.1, -0.05) is 24.3 Å². The van der Waals surface area contributed by atoms with Gasteiger partial charge in [0.15, 0.2) is 0 Å². The number of likely N-dealkylation sites (tertiary alicyclic amines) is 1. The Balaban J connectivity index is 2.01. The molecule has 0 saturated carbocycles. The molecule has 0 radical (unpaired) electrons. The van der Waals surface area contributed by atoms with Crippen LogP contribution in [-0.2, 0) is 6.54 Å². The number of aliphatic hydroxyl groups excluding tert-OH is 2. The van der Waals surface area contributed by atoms with Crippen molar-refractivity contribution in [1.82, 2.24) is 4.90 Å². The van der Waals surface area contributed by atoms with Gasteiger partial charge in [0.2, 0.25) is 0 Å². The largest absolute Gasteiger partial charge is 0.389 e. The molecule has 0 aliphatic carbocycles. The number of hydrogen-bond donors (Lipinski definition) is 2. The van der Waals surface area contributed by atoms with E-state index in [-0.39, 0.29) is 0 Å². The summed E-state index contributed by atoms with van der Waals surface area (Å²) in [7, 11) is 0. The van der Waals surface area contributed by atoms with Crippen LogP contribution < -0.4 is 0 Å². The van der Waals surface area contributed by atoms with Gasteiger partial charge in [0.05, 0.1) is 12.2 Å². The summed E-state index contributed by atoms with van der Waals surface area (Å²) in [5, 5.41) is 18.8. The molecule has 2 N–H and O–H groups in total. The fourth-order valence-electron chi connectivity index (χ4n) is 2.00. The minimum absolute atomic E-state index is 0.565. The van der Waals surface area contributed by atoms with E-state index in [1.54, 1.807) is 0 Å². The van der Waals surface area contributed by atoms with Crippen molar-refractivity contribution in [2.45, 2.75) is 25.7 Å². The van der Waals surface area contributed by atoms with Crippen LogP contribution in [0.15, 0.2) is 24.3 Å². The first-order valence-electron chi connectivity index (χ1n) is 5.30. The normalized spacial score (nSPS) is 27.1. The second-order valence-corrected chi connectivity index (χ2v) is 4.26. The van der Waals surface area contributed by atoms with Gasteiger partial charge in [-0.3, -0.25) is 4.90 Å². The fraction of sp³-hybridized carbons (Fsp3) is 0.500. The van der Waals surface area contributed by atoms with Crippen molar-refractivity contribution in [3.8, 4) is 0 Å². The van der Waals surface area contributed by atoms with Gasteiger partial charge in [-0.2, -0.15) is 0 Å². The summed E-state index contributed by atoms with van der Waals surface area (Å²) in [5.41, 5.74) is 2.52. The molecule has 15 heavy (non-hydrogen) atoms. The van der Waals surface area contributed by atoms with Crippen LogP contribution in [0.5, 0.6) is 0 Å². The minimum atomic E-state index is -0.589. The van der Waals surface area contributed by atoms with Gasteiger partial charge in [0, 0.05) is 19.6 Å². The first-order valence-corrected chi connectivity index (χ1v) is 5.30. The minimum Gasteiger partial charge on any atom is -0.389 e. The molecule has 2 unspecified atom stereocenters. The first kappa shape index (κ1) is 10.6. The van der Waals surface area contributed by atoms with E-state index in [0.29, 0.717) is 13.1 Å². The van der Waals surface area contributed by atoms with Crippen molar-refractivity contribution in [3.05, 3.63) is 35.4 Å². The molecule has 0 spiro atoms. The van der Waals surface area contributed by atoms with Crippen molar-refractivity contribution in [3.63, 3.8) is 0 Å². The maximum Gasteiger partial charge on any atom is 0.0938 e. The highest BCUT2D eigenvalue weighted by Gasteiger charge is 2.29. The van der Waals surface area contributed by atoms with Crippen LogP contribution in [0.1, 0.15) is 11.1 Å². The molecule has 1 saturated heterocycles. The predicted octanol–water partition coefficient (Wildman–Crippen LogP) is 0.532. The summed E-state index contributed by atoms with van der Waals surface area (Å²) in [6.07, 6.45) is -1.18. The molecule has 3 heteroatoms. The molecular weight excluding hydrogens is 190 g/mol. The third kappa shape index (κ3) is 2.37. The molecule has 1 aliphatic heterocycles. The summed E-state index contributed by atoms with van der Waals surface area (Å²) < 4.78 is 0. The van der Waals surface area contributed by atoms with Crippen LogP contribution in [-0.4, -0.2) is 40.4 Å². The van der Waals surface area contributed by atoms with E-state index < -0.39 is 12.2 Å². The Kier molecular flexibility index (Phi) is 3.05. The maximum atomic E-state index is 9.42. The van der Waals surface area contributed by atoms with Crippen LogP contribution in [0, 0.1) is 6.92 Å². The SMILES string of the molecule is Cc1ccccc1CN1CC(O)C(O)C1. The van der Waals surface area contributed by atoms with Crippen molar-refractivity contribution < 1.29 is 10.2 Å². The highest BCUT2D eigenvalue weighted by molar-refractivity contribution is 5.25. The predicted molar refractivity (Wildman–Crippen MR) is 58.5 cm³/mol. The topological polar surface area (TPSA) is 43.7 Å². The van der Waals surface area contributed by atoms with Crippen LogP contribution >= 0.6 is 0 Å². The zero-order valence-corrected chi connectivity index (χ0v) is 8.93.